The average molecular weight is 532 g/mol. The van der Waals surface area contributed by atoms with E-state index >= 15 is 0 Å². The van der Waals surface area contributed by atoms with Crippen LogP contribution in [0.4, 0.5) is 8.78 Å². The molecule has 9 nitrogen and oxygen atoms in total. The van der Waals surface area contributed by atoms with Crippen LogP contribution in [0, 0.1) is 5.92 Å². The summed E-state index contributed by atoms with van der Waals surface area (Å²) in [6.07, 6.45) is -1.23. The SMILES string of the molecule is COc1cc2c(cc1OC)CN(C(=O)C1CCCN(CCNC(=O)c3ccc4c(c3)OC(F)(F)O4)C1)CC2. The average Bonchev–Trinajstić information content (AvgIpc) is 3.24. The molecular weight excluding hydrogens is 500 g/mol. The molecule has 1 fully saturated rings. The number of piperidine rings is 1. The zero-order valence-corrected chi connectivity index (χ0v) is 21.4. The number of fused-ring (bicyclic) bond motifs is 2. The summed E-state index contributed by atoms with van der Waals surface area (Å²) in [7, 11) is 3.22. The molecule has 3 aliphatic rings. The molecule has 3 aliphatic heterocycles. The van der Waals surface area contributed by atoms with E-state index in [1.54, 1.807) is 14.2 Å². The summed E-state index contributed by atoms with van der Waals surface area (Å²) in [5.41, 5.74) is 2.45. The number of carbonyl (C=O) groups excluding carboxylic acids is 2. The van der Waals surface area contributed by atoms with Crippen LogP contribution in [0.5, 0.6) is 23.0 Å². The highest BCUT2D eigenvalue weighted by atomic mass is 19.3. The number of hydrogen-bond donors (Lipinski definition) is 1. The maximum absolute atomic E-state index is 13.4. The molecule has 2 aromatic carbocycles. The van der Waals surface area contributed by atoms with Crippen molar-refractivity contribution in [2.75, 3.05) is 46.9 Å². The summed E-state index contributed by atoms with van der Waals surface area (Å²) in [5, 5.41) is 2.81. The summed E-state index contributed by atoms with van der Waals surface area (Å²) in [6.45, 7) is 3.63. The second-order valence-corrected chi connectivity index (χ2v) is 9.71. The van der Waals surface area contributed by atoms with Crippen molar-refractivity contribution < 1.29 is 37.3 Å². The predicted molar refractivity (Wildman–Crippen MR) is 133 cm³/mol. The van der Waals surface area contributed by atoms with Gasteiger partial charge >= 0.3 is 6.29 Å². The third-order valence-corrected chi connectivity index (χ3v) is 7.26. The molecule has 1 saturated heterocycles. The number of nitrogens with one attached hydrogen (secondary N) is 1. The Morgan fingerprint density at radius 1 is 1.05 bits per heavy atom. The van der Waals surface area contributed by atoms with E-state index in [9.17, 15) is 18.4 Å². The monoisotopic (exact) mass is 531 g/mol. The first kappa shape index (κ1) is 26.0. The number of rotatable bonds is 7. The van der Waals surface area contributed by atoms with Gasteiger partial charge in [-0.2, -0.15) is 0 Å². The molecule has 2 amide bonds. The fourth-order valence-corrected chi connectivity index (χ4v) is 5.31. The van der Waals surface area contributed by atoms with Gasteiger partial charge in [-0.3, -0.25) is 9.59 Å². The third-order valence-electron chi connectivity index (χ3n) is 7.26. The molecule has 0 aliphatic carbocycles. The lowest BCUT2D eigenvalue weighted by molar-refractivity contribution is -0.286. The molecular formula is C27H31F2N3O6. The van der Waals surface area contributed by atoms with E-state index in [0.29, 0.717) is 44.2 Å². The van der Waals surface area contributed by atoms with Gasteiger partial charge in [0.05, 0.1) is 20.1 Å². The minimum absolute atomic E-state index is 0.100. The van der Waals surface area contributed by atoms with Crippen LogP contribution in [0.2, 0.25) is 0 Å². The van der Waals surface area contributed by atoms with E-state index in [-0.39, 0.29) is 28.9 Å². The van der Waals surface area contributed by atoms with Gasteiger partial charge in [-0.1, -0.05) is 0 Å². The highest BCUT2D eigenvalue weighted by Crippen LogP contribution is 2.41. The van der Waals surface area contributed by atoms with Gasteiger partial charge in [0.2, 0.25) is 5.91 Å². The lowest BCUT2D eigenvalue weighted by Gasteiger charge is -2.37. The quantitative estimate of drug-likeness (QED) is 0.588. The van der Waals surface area contributed by atoms with Crippen molar-refractivity contribution >= 4 is 11.8 Å². The van der Waals surface area contributed by atoms with Gasteiger partial charge in [0.1, 0.15) is 0 Å². The van der Waals surface area contributed by atoms with E-state index in [1.807, 2.05) is 17.0 Å². The first-order valence-corrected chi connectivity index (χ1v) is 12.7. The van der Waals surface area contributed by atoms with Gasteiger partial charge in [-0.05, 0) is 67.3 Å². The van der Waals surface area contributed by atoms with Crippen LogP contribution in [0.15, 0.2) is 30.3 Å². The number of amides is 2. The number of halogens is 2. The van der Waals surface area contributed by atoms with Crippen LogP contribution in [-0.4, -0.2) is 74.9 Å². The smallest absolute Gasteiger partial charge is 0.493 e. The van der Waals surface area contributed by atoms with Crippen LogP contribution in [0.25, 0.3) is 0 Å². The molecule has 11 heteroatoms. The van der Waals surface area contributed by atoms with Crippen LogP contribution in [-0.2, 0) is 17.8 Å². The Balaban J connectivity index is 1.12. The van der Waals surface area contributed by atoms with Crippen molar-refractivity contribution in [2.45, 2.75) is 32.1 Å². The fourth-order valence-electron chi connectivity index (χ4n) is 5.31. The van der Waals surface area contributed by atoms with Crippen LogP contribution >= 0.6 is 0 Å². The Morgan fingerprint density at radius 3 is 2.55 bits per heavy atom. The number of ether oxygens (including phenoxy) is 4. The summed E-state index contributed by atoms with van der Waals surface area (Å²) >= 11 is 0. The zero-order valence-electron chi connectivity index (χ0n) is 21.4. The molecule has 0 spiro atoms. The molecule has 0 saturated carbocycles. The van der Waals surface area contributed by atoms with E-state index in [0.717, 1.165) is 31.4 Å². The van der Waals surface area contributed by atoms with Crippen molar-refractivity contribution in [1.29, 1.82) is 0 Å². The molecule has 1 unspecified atom stereocenters. The maximum Gasteiger partial charge on any atom is 0.586 e. The number of nitrogens with zero attached hydrogens (tertiary/aromatic N) is 2. The number of methoxy groups -OCH3 is 2. The lowest BCUT2D eigenvalue weighted by atomic mass is 9.93. The van der Waals surface area contributed by atoms with E-state index in [1.165, 1.54) is 23.8 Å². The summed E-state index contributed by atoms with van der Waals surface area (Å²) in [5.74, 6) is 0.735. The van der Waals surface area contributed by atoms with Crippen LogP contribution < -0.4 is 24.3 Å². The number of likely N-dealkylation sites (tertiary alicyclic amines) is 1. The Labute approximate surface area is 219 Å². The molecule has 204 valence electrons. The van der Waals surface area contributed by atoms with Gasteiger partial charge < -0.3 is 34.1 Å². The van der Waals surface area contributed by atoms with Gasteiger partial charge in [-0.25, -0.2) is 0 Å². The molecule has 3 heterocycles. The molecule has 0 bridgehead atoms. The number of hydrogen-bond acceptors (Lipinski definition) is 7. The van der Waals surface area contributed by atoms with Gasteiger partial charge in [0.15, 0.2) is 23.0 Å². The Kier molecular flexibility index (Phi) is 7.29. The number of alkyl halides is 2. The molecule has 0 radical (unpaired) electrons. The molecule has 5 rings (SSSR count). The minimum atomic E-state index is -3.72. The molecule has 0 aromatic heterocycles. The van der Waals surface area contributed by atoms with Crippen molar-refractivity contribution in [3.63, 3.8) is 0 Å². The molecule has 2 aromatic rings. The predicted octanol–water partition coefficient (Wildman–Crippen LogP) is 3.05. The fraction of sp³-hybridized carbons (Fsp3) is 0.481. The summed E-state index contributed by atoms with van der Waals surface area (Å²) in [4.78, 5) is 30.0. The topological polar surface area (TPSA) is 89.6 Å². The standard InChI is InChI=1S/C27H31F2N3O6/c1-35-22-12-17-7-10-32(16-20(17)14-23(22)36-2)26(34)19-4-3-9-31(15-19)11-8-30-25(33)18-5-6-21-24(13-18)38-27(28,29)37-21/h5-6,12-14,19H,3-4,7-11,15-16H2,1-2H3,(H,30,33). The second kappa shape index (κ2) is 10.6. The molecule has 38 heavy (non-hydrogen) atoms. The molecule has 1 atom stereocenters. The van der Waals surface area contributed by atoms with Gasteiger partial charge in [-0.15, -0.1) is 8.78 Å². The third kappa shape index (κ3) is 5.47. The van der Waals surface area contributed by atoms with Crippen molar-refractivity contribution in [3.8, 4) is 23.0 Å². The Morgan fingerprint density at radius 2 is 1.79 bits per heavy atom. The largest absolute Gasteiger partial charge is 0.586 e. The zero-order chi connectivity index (χ0) is 26.9. The Bertz CT molecular complexity index is 1220. The Hall–Kier alpha value is -3.60. The normalized spacial score (nSPS) is 20.0. The van der Waals surface area contributed by atoms with Crippen LogP contribution in [0.3, 0.4) is 0 Å². The van der Waals surface area contributed by atoms with Crippen molar-refractivity contribution in [1.82, 2.24) is 15.1 Å². The first-order valence-electron chi connectivity index (χ1n) is 12.7. The summed E-state index contributed by atoms with van der Waals surface area (Å²) < 4.78 is 46.1. The highest BCUT2D eigenvalue weighted by Gasteiger charge is 2.43. The van der Waals surface area contributed by atoms with E-state index in [2.05, 4.69) is 19.7 Å². The van der Waals surface area contributed by atoms with Crippen molar-refractivity contribution in [3.05, 3.63) is 47.0 Å². The van der Waals surface area contributed by atoms with Gasteiger partial charge in [0.25, 0.3) is 5.91 Å². The van der Waals surface area contributed by atoms with Gasteiger partial charge in [0, 0.05) is 38.3 Å². The summed E-state index contributed by atoms with van der Waals surface area (Å²) in [6, 6.07) is 7.89. The maximum atomic E-state index is 13.4. The highest BCUT2D eigenvalue weighted by molar-refractivity contribution is 5.94. The molecule has 1 N–H and O–H groups in total. The number of carbonyl (C=O) groups is 2. The van der Waals surface area contributed by atoms with E-state index in [4.69, 9.17) is 9.47 Å². The van der Waals surface area contributed by atoms with E-state index < -0.39 is 12.2 Å². The number of benzene rings is 2. The lowest BCUT2D eigenvalue weighted by Crippen LogP contribution is -2.47. The van der Waals surface area contributed by atoms with Crippen LogP contribution in [0.1, 0.15) is 34.3 Å². The first-order chi connectivity index (χ1) is 18.3. The van der Waals surface area contributed by atoms with Crippen molar-refractivity contribution in [2.24, 2.45) is 5.92 Å². The minimum Gasteiger partial charge on any atom is -0.493 e. The second-order valence-electron chi connectivity index (χ2n) is 9.71.